The standard InChI is InChI=1S/C13H11N3O/c14-12(17)7-6-10-8-15-13(16-9-10)11-4-2-1-3-5-11/h1-9H,(H2,14,17)/b7-6+. The monoisotopic (exact) mass is 225 g/mol. The Balaban J connectivity index is 2.22. The fourth-order valence-electron chi connectivity index (χ4n) is 1.34. The highest BCUT2D eigenvalue weighted by Gasteiger charge is 1.98. The highest BCUT2D eigenvalue weighted by molar-refractivity contribution is 5.90. The molecule has 84 valence electrons. The average molecular weight is 225 g/mol. The molecule has 4 heteroatoms. The van der Waals surface area contributed by atoms with Gasteiger partial charge in [-0.3, -0.25) is 4.79 Å². The molecule has 0 fully saturated rings. The Labute approximate surface area is 98.8 Å². The lowest BCUT2D eigenvalue weighted by Gasteiger charge is -1.99. The van der Waals surface area contributed by atoms with Gasteiger partial charge in [-0.2, -0.15) is 0 Å². The van der Waals surface area contributed by atoms with E-state index in [0.717, 1.165) is 11.1 Å². The Morgan fingerprint density at radius 2 is 1.76 bits per heavy atom. The fourth-order valence-corrected chi connectivity index (χ4v) is 1.34. The smallest absolute Gasteiger partial charge is 0.241 e. The van der Waals surface area contributed by atoms with E-state index < -0.39 is 5.91 Å². The number of rotatable bonds is 3. The molecule has 0 aliphatic carbocycles. The highest BCUT2D eigenvalue weighted by atomic mass is 16.1. The first-order valence-electron chi connectivity index (χ1n) is 5.11. The van der Waals surface area contributed by atoms with E-state index in [9.17, 15) is 4.79 Å². The quantitative estimate of drug-likeness (QED) is 0.807. The zero-order chi connectivity index (χ0) is 12.1. The summed E-state index contributed by atoms with van der Waals surface area (Å²) in [6.07, 6.45) is 6.15. The summed E-state index contributed by atoms with van der Waals surface area (Å²) in [4.78, 5) is 19.0. The number of hydrogen-bond acceptors (Lipinski definition) is 3. The summed E-state index contributed by atoms with van der Waals surface area (Å²) in [7, 11) is 0. The van der Waals surface area contributed by atoms with Gasteiger partial charge in [-0.25, -0.2) is 9.97 Å². The van der Waals surface area contributed by atoms with Crippen LogP contribution in [0.4, 0.5) is 0 Å². The second-order valence-corrected chi connectivity index (χ2v) is 3.44. The predicted octanol–water partition coefficient (Wildman–Crippen LogP) is 1.64. The zero-order valence-electron chi connectivity index (χ0n) is 9.08. The number of aromatic nitrogens is 2. The Morgan fingerprint density at radius 3 is 2.35 bits per heavy atom. The lowest BCUT2D eigenvalue weighted by atomic mass is 10.2. The van der Waals surface area contributed by atoms with Crippen LogP contribution in [0.15, 0.2) is 48.8 Å². The van der Waals surface area contributed by atoms with Crippen LogP contribution in [0.1, 0.15) is 5.56 Å². The van der Waals surface area contributed by atoms with Crippen LogP contribution in [-0.2, 0) is 4.79 Å². The van der Waals surface area contributed by atoms with Crippen molar-refractivity contribution in [1.82, 2.24) is 9.97 Å². The van der Waals surface area contributed by atoms with E-state index in [1.807, 2.05) is 30.3 Å². The topological polar surface area (TPSA) is 68.9 Å². The Kier molecular flexibility index (Phi) is 3.25. The molecule has 0 spiro atoms. The van der Waals surface area contributed by atoms with Crippen LogP contribution in [0, 0.1) is 0 Å². The minimum absolute atomic E-state index is 0.489. The zero-order valence-corrected chi connectivity index (χ0v) is 9.08. The molecule has 17 heavy (non-hydrogen) atoms. The van der Waals surface area contributed by atoms with E-state index in [4.69, 9.17) is 5.73 Å². The molecule has 2 N–H and O–H groups in total. The van der Waals surface area contributed by atoms with Gasteiger partial charge < -0.3 is 5.73 Å². The third-order valence-corrected chi connectivity index (χ3v) is 2.14. The van der Waals surface area contributed by atoms with Crippen LogP contribution in [0.25, 0.3) is 17.5 Å². The average Bonchev–Trinajstić information content (AvgIpc) is 2.38. The molecule has 0 aliphatic heterocycles. The van der Waals surface area contributed by atoms with Crippen LogP contribution < -0.4 is 5.73 Å². The normalized spacial score (nSPS) is 10.6. The van der Waals surface area contributed by atoms with Gasteiger partial charge in [0.2, 0.25) is 5.91 Å². The van der Waals surface area contributed by atoms with Crippen LogP contribution in [0.5, 0.6) is 0 Å². The number of amides is 1. The van der Waals surface area contributed by atoms with Crippen molar-refractivity contribution < 1.29 is 4.79 Å². The molecule has 4 nitrogen and oxygen atoms in total. The number of carbonyl (C=O) groups excluding carboxylic acids is 1. The van der Waals surface area contributed by atoms with Crippen molar-refractivity contribution in [3.05, 3.63) is 54.4 Å². The molecule has 2 rings (SSSR count). The second-order valence-electron chi connectivity index (χ2n) is 3.44. The molecule has 1 aromatic heterocycles. The lowest BCUT2D eigenvalue weighted by molar-refractivity contribution is -0.113. The third kappa shape index (κ3) is 2.98. The van der Waals surface area contributed by atoms with Crippen molar-refractivity contribution in [2.24, 2.45) is 5.73 Å². The Bertz CT molecular complexity index is 532. The van der Waals surface area contributed by atoms with E-state index in [1.54, 1.807) is 18.5 Å². The minimum atomic E-state index is -0.489. The maximum atomic E-state index is 10.6. The summed E-state index contributed by atoms with van der Waals surface area (Å²) in [6.45, 7) is 0. The minimum Gasteiger partial charge on any atom is -0.366 e. The van der Waals surface area contributed by atoms with Gasteiger partial charge >= 0.3 is 0 Å². The van der Waals surface area contributed by atoms with Gasteiger partial charge in [0.25, 0.3) is 0 Å². The molecule has 1 heterocycles. The van der Waals surface area contributed by atoms with Gasteiger partial charge in [-0.05, 0) is 6.08 Å². The van der Waals surface area contributed by atoms with E-state index in [2.05, 4.69) is 9.97 Å². The molecule has 1 amide bonds. The number of hydrogen-bond donors (Lipinski definition) is 1. The summed E-state index contributed by atoms with van der Waals surface area (Å²) < 4.78 is 0. The van der Waals surface area contributed by atoms with E-state index in [0.29, 0.717) is 5.82 Å². The van der Waals surface area contributed by atoms with E-state index in [-0.39, 0.29) is 0 Å². The van der Waals surface area contributed by atoms with Gasteiger partial charge in [-0.1, -0.05) is 30.3 Å². The van der Waals surface area contributed by atoms with Crippen LogP contribution in [0.2, 0.25) is 0 Å². The van der Waals surface area contributed by atoms with E-state index in [1.165, 1.54) is 6.08 Å². The molecular formula is C13H11N3O. The maximum Gasteiger partial charge on any atom is 0.241 e. The SMILES string of the molecule is NC(=O)/C=C/c1cnc(-c2ccccc2)nc1. The largest absolute Gasteiger partial charge is 0.366 e. The number of primary amides is 1. The van der Waals surface area contributed by atoms with Gasteiger partial charge in [0.15, 0.2) is 5.82 Å². The molecule has 0 radical (unpaired) electrons. The molecule has 0 aliphatic rings. The van der Waals surface area contributed by atoms with Gasteiger partial charge in [0.05, 0.1) is 0 Å². The number of benzene rings is 1. The van der Waals surface area contributed by atoms with Gasteiger partial charge in [0.1, 0.15) is 0 Å². The molecule has 1 aromatic carbocycles. The van der Waals surface area contributed by atoms with Gasteiger partial charge in [0, 0.05) is 29.6 Å². The molecular weight excluding hydrogens is 214 g/mol. The summed E-state index contributed by atoms with van der Waals surface area (Å²) in [6, 6.07) is 9.68. The first-order valence-corrected chi connectivity index (χ1v) is 5.11. The highest BCUT2D eigenvalue weighted by Crippen LogP contribution is 2.13. The Hall–Kier alpha value is -2.49. The van der Waals surface area contributed by atoms with Crippen LogP contribution >= 0.6 is 0 Å². The van der Waals surface area contributed by atoms with Crippen molar-refractivity contribution >= 4 is 12.0 Å². The molecule has 0 unspecified atom stereocenters. The van der Waals surface area contributed by atoms with Crippen molar-refractivity contribution in [1.29, 1.82) is 0 Å². The van der Waals surface area contributed by atoms with Crippen LogP contribution in [-0.4, -0.2) is 15.9 Å². The molecule has 0 bridgehead atoms. The van der Waals surface area contributed by atoms with E-state index >= 15 is 0 Å². The molecule has 0 atom stereocenters. The van der Waals surface area contributed by atoms with Crippen molar-refractivity contribution in [3.8, 4) is 11.4 Å². The first-order chi connectivity index (χ1) is 8.25. The molecule has 0 saturated heterocycles. The van der Waals surface area contributed by atoms with Crippen molar-refractivity contribution in [2.45, 2.75) is 0 Å². The first kappa shape index (κ1) is 11.0. The number of nitrogens with zero attached hydrogens (tertiary/aromatic N) is 2. The maximum absolute atomic E-state index is 10.6. The Morgan fingerprint density at radius 1 is 1.12 bits per heavy atom. The summed E-state index contributed by atoms with van der Waals surface area (Å²) in [5.74, 6) is 0.166. The molecule has 2 aromatic rings. The number of nitrogens with two attached hydrogens (primary N) is 1. The third-order valence-electron chi connectivity index (χ3n) is 2.14. The summed E-state index contributed by atoms with van der Waals surface area (Å²) in [5.41, 5.74) is 6.69. The lowest BCUT2D eigenvalue weighted by Crippen LogP contribution is -2.05. The summed E-state index contributed by atoms with van der Waals surface area (Å²) >= 11 is 0. The van der Waals surface area contributed by atoms with Gasteiger partial charge in [-0.15, -0.1) is 0 Å². The number of carbonyl (C=O) groups is 1. The predicted molar refractivity (Wildman–Crippen MR) is 65.7 cm³/mol. The fraction of sp³-hybridized carbons (Fsp3) is 0. The second kappa shape index (κ2) is 5.03. The summed E-state index contributed by atoms with van der Waals surface area (Å²) in [5, 5.41) is 0. The van der Waals surface area contributed by atoms with Crippen molar-refractivity contribution in [3.63, 3.8) is 0 Å². The molecule has 0 saturated carbocycles. The van der Waals surface area contributed by atoms with Crippen LogP contribution in [0.3, 0.4) is 0 Å². The van der Waals surface area contributed by atoms with Crippen molar-refractivity contribution in [2.75, 3.05) is 0 Å².